The third kappa shape index (κ3) is 3.96. The zero-order valence-electron chi connectivity index (χ0n) is 17.6. The van der Waals surface area contributed by atoms with E-state index in [-0.39, 0.29) is 17.7 Å². The number of hydrogen-bond acceptors (Lipinski definition) is 4. The van der Waals surface area contributed by atoms with Crippen molar-refractivity contribution in [2.45, 2.75) is 19.4 Å². The lowest BCUT2D eigenvalue weighted by atomic mass is 10.1. The molecular weight excluding hydrogens is 422 g/mol. The molecule has 3 amide bonds. The quantitative estimate of drug-likeness (QED) is 0.548. The zero-order valence-corrected chi connectivity index (χ0v) is 18.4. The molecule has 2 aromatic carbocycles. The van der Waals surface area contributed by atoms with Crippen LogP contribution in [0.4, 0.5) is 4.79 Å². The molecule has 0 saturated carbocycles. The number of para-hydroxylation sites is 1. The molecule has 2 fully saturated rings. The number of fused-ring (bicyclic) bond motifs is 1. The van der Waals surface area contributed by atoms with E-state index in [4.69, 9.17) is 0 Å². The largest absolute Gasteiger partial charge is 0.342 e. The molecule has 0 unspecified atom stereocenters. The van der Waals surface area contributed by atoms with Crippen molar-refractivity contribution in [2.75, 3.05) is 19.6 Å². The summed E-state index contributed by atoms with van der Waals surface area (Å²) in [6, 6.07) is 18.2. The number of likely N-dealkylation sites (tertiary alicyclic amines) is 1. The van der Waals surface area contributed by atoms with Crippen LogP contribution in [0, 0.1) is 0 Å². The summed E-state index contributed by atoms with van der Waals surface area (Å²) in [6.07, 6.45) is 5.73. The Morgan fingerprint density at radius 2 is 1.69 bits per heavy atom. The highest BCUT2D eigenvalue weighted by Crippen LogP contribution is 2.34. The zero-order chi connectivity index (χ0) is 22.1. The van der Waals surface area contributed by atoms with Gasteiger partial charge in [-0.15, -0.1) is 0 Å². The van der Waals surface area contributed by atoms with Gasteiger partial charge in [-0.25, -0.2) is 0 Å². The lowest BCUT2D eigenvalue weighted by Gasteiger charge is -2.18. The molecule has 32 heavy (non-hydrogen) atoms. The molecule has 0 N–H and O–H groups in total. The van der Waals surface area contributed by atoms with E-state index in [1.165, 1.54) is 5.56 Å². The minimum absolute atomic E-state index is 0.162. The number of aromatic nitrogens is 1. The Labute approximate surface area is 190 Å². The summed E-state index contributed by atoms with van der Waals surface area (Å²) in [5.74, 6) is -0.557. The van der Waals surface area contributed by atoms with Crippen LogP contribution in [0.2, 0.25) is 0 Å². The number of thioether (sulfide) groups is 1. The molecule has 5 rings (SSSR count). The van der Waals surface area contributed by atoms with Crippen molar-refractivity contribution >= 4 is 45.8 Å². The maximum Gasteiger partial charge on any atom is 0.294 e. The van der Waals surface area contributed by atoms with E-state index in [9.17, 15) is 14.4 Å². The molecule has 3 aromatic rings. The Bertz CT molecular complexity index is 1230. The maximum atomic E-state index is 12.9. The van der Waals surface area contributed by atoms with E-state index < -0.39 is 5.91 Å². The van der Waals surface area contributed by atoms with Crippen LogP contribution in [0.15, 0.2) is 65.7 Å². The Kier molecular flexibility index (Phi) is 5.57. The fraction of sp³-hybridized carbons (Fsp3) is 0.240. The highest BCUT2D eigenvalue weighted by Gasteiger charge is 2.37. The summed E-state index contributed by atoms with van der Waals surface area (Å²) >= 11 is 0.901. The van der Waals surface area contributed by atoms with E-state index >= 15 is 0 Å². The number of carbonyl (C=O) groups excluding carboxylic acids is 3. The van der Waals surface area contributed by atoms with Crippen LogP contribution in [0.5, 0.6) is 0 Å². The topological polar surface area (TPSA) is 62.6 Å². The van der Waals surface area contributed by atoms with Gasteiger partial charge >= 0.3 is 0 Å². The van der Waals surface area contributed by atoms with Crippen molar-refractivity contribution in [2.24, 2.45) is 0 Å². The highest BCUT2D eigenvalue weighted by atomic mass is 32.2. The second-order valence-corrected chi connectivity index (χ2v) is 9.06. The molecule has 2 aliphatic heterocycles. The van der Waals surface area contributed by atoms with Gasteiger partial charge < -0.3 is 9.47 Å². The minimum Gasteiger partial charge on any atom is -0.342 e. The summed E-state index contributed by atoms with van der Waals surface area (Å²) in [4.78, 5) is 41.0. The average Bonchev–Trinajstić information content (AvgIpc) is 3.52. The van der Waals surface area contributed by atoms with Crippen molar-refractivity contribution in [3.8, 4) is 0 Å². The van der Waals surface area contributed by atoms with Gasteiger partial charge in [-0.1, -0.05) is 48.5 Å². The minimum atomic E-state index is -0.396. The molecule has 162 valence electrons. The van der Waals surface area contributed by atoms with Crippen LogP contribution < -0.4 is 0 Å². The van der Waals surface area contributed by atoms with Crippen LogP contribution in [0.3, 0.4) is 0 Å². The molecule has 6 nitrogen and oxygen atoms in total. The second kappa shape index (κ2) is 8.67. The molecule has 1 aromatic heterocycles. The molecule has 2 aliphatic rings. The van der Waals surface area contributed by atoms with Crippen LogP contribution in [0.25, 0.3) is 17.0 Å². The van der Waals surface area contributed by atoms with E-state index in [0.717, 1.165) is 46.0 Å². The predicted octanol–water partition coefficient (Wildman–Crippen LogP) is 4.35. The second-order valence-electron chi connectivity index (χ2n) is 8.07. The number of amides is 3. The lowest BCUT2D eigenvalue weighted by molar-refractivity contribution is -0.135. The molecule has 0 radical (unpaired) electrons. The van der Waals surface area contributed by atoms with Gasteiger partial charge in [-0.3, -0.25) is 19.3 Å². The smallest absolute Gasteiger partial charge is 0.294 e. The fourth-order valence-corrected chi connectivity index (χ4v) is 5.11. The van der Waals surface area contributed by atoms with Crippen molar-refractivity contribution in [1.29, 1.82) is 0 Å². The maximum absolute atomic E-state index is 12.9. The van der Waals surface area contributed by atoms with Gasteiger partial charge in [0.25, 0.3) is 11.1 Å². The summed E-state index contributed by atoms with van der Waals surface area (Å²) in [5, 5.41) is 0.630. The van der Waals surface area contributed by atoms with E-state index in [0.29, 0.717) is 24.5 Å². The number of carbonyl (C=O) groups is 3. The number of hydrogen-bond donors (Lipinski definition) is 0. The van der Waals surface area contributed by atoms with Crippen LogP contribution in [-0.2, 0) is 16.1 Å². The Morgan fingerprint density at radius 3 is 2.47 bits per heavy atom. The first-order chi connectivity index (χ1) is 15.6. The third-order valence-electron chi connectivity index (χ3n) is 5.93. The van der Waals surface area contributed by atoms with Gasteiger partial charge in [0.15, 0.2) is 0 Å². The predicted molar refractivity (Wildman–Crippen MR) is 126 cm³/mol. The van der Waals surface area contributed by atoms with Crippen molar-refractivity contribution in [3.05, 3.63) is 76.8 Å². The number of rotatable bonds is 5. The molecular formula is C25H23N3O3S. The molecule has 0 bridgehead atoms. The third-order valence-corrected chi connectivity index (χ3v) is 6.83. The summed E-state index contributed by atoms with van der Waals surface area (Å²) in [5.41, 5.74) is 3.12. The van der Waals surface area contributed by atoms with E-state index in [2.05, 4.69) is 22.8 Å². The highest BCUT2D eigenvalue weighted by molar-refractivity contribution is 8.18. The Morgan fingerprint density at radius 1 is 0.969 bits per heavy atom. The Hall–Kier alpha value is -3.32. The summed E-state index contributed by atoms with van der Waals surface area (Å²) in [7, 11) is 0. The van der Waals surface area contributed by atoms with Gasteiger partial charge in [-0.2, -0.15) is 0 Å². The standard InChI is InChI=1S/C25H23N3O3S/c29-23(26-12-6-7-13-26)17-28-24(30)22(32-25(28)31)14-19-16-27(15-18-8-2-1-3-9-18)21-11-5-4-10-20(19)21/h1-5,8-11,14,16H,6-7,12-13,15,17H2/b22-14-. The molecule has 0 spiro atoms. The number of imide groups is 1. The first-order valence-corrected chi connectivity index (χ1v) is 11.6. The van der Waals surface area contributed by atoms with Crippen molar-refractivity contribution in [3.63, 3.8) is 0 Å². The van der Waals surface area contributed by atoms with Gasteiger partial charge in [0, 0.05) is 42.3 Å². The summed E-state index contributed by atoms with van der Waals surface area (Å²) in [6.45, 7) is 1.93. The number of nitrogens with zero attached hydrogens (tertiary/aromatic N) is 3. The van der Waals surface area contributed by atoms with Gasteiger partial charge in [-0.05, 0) is 42.3 Å². The summed E-state index contributed by atoms with van der Waals surface area (Å²) < 4.78 is 2.15. The average molecular weight is 446 g/mol. The normalized spacial score (nSPS) is 17.8. The molecule has 7 heteroatoms. The molecule has 0 aliphatic carbocycles. The van der Waals surface area contributed by atoms with Crippen LogP contribution >= 0.6 is 11.8 Å². The van der Waals surface area contributed by atoms with Gasteiger partial charge in [0.2, 0.25) is 5.91 Å². The van der Waals surface area contributed by atoms with E-state index in [1.54, 1.807) is 11.0 Å². The van der Waals surface area contributed by atoms with Crippen molar-refractivity contribution in [1.82, 2.24) is 14.4 Å². The Balaban J connectivity index is 1.42. The SMILES string of the molecule is O=C(CN1C(=O)S/C(=C\c2cn(Cc3ccccc3)c3ccccc23)C1=O)N1CCCC1. The fourth-order valence-electron chi connectivity index (χ4n) is 4.28. The number of benzene rings is 2. The van der Waals surface area contributed by atoms with Gasteiger partial charge in [0.1, 0.15) is 6.54 Å². The monoisotopic (exact) mass is 445 g/mol. The van der Waals surface area contributed by atoms with Crippen LogP contribution in [0.1, 0.15) is 24.0 Å². The van der Waals surface area contributed by atoms with E-state index in [1.807, 2.05) is 42.6 Å². The molecule has 3 heterocycles. The van der Waals surface area contributed by atoms with Gasteiger partial charge in [0.05, 0.1) is 4.91 Å². The van der Waals surface area contributed by atoms with Crippen molar-refractivity contribution < 1.29 is 14.4 Å². The first kappa shape index (κ1) is 20.6. The molecule has 2 saturated heterocycles. The first-order valence-electron chi connectivity index (χ1n) is 10.7. The lowest BCUT2D eigenvalue weighted by Crippen LogP contribution is -2.40. The van der Waals surface area contributed by atoms with Crippen LogP contribution in [-0.4, -0.2) is 51.1 Å². The molecule has 0 atom stereocenters.